The Hall–Kier alpha value is -1.76. The molecule has 2 aromatic carbocycles. The molecule has 0 heterocycles. The maximum Gasteiger partial charge on any atom is 0.119 e. The minimum atomic E-state index is -0.0451. The first kappa shape index (κ1) is 13.7. The Kier molecular flexibility index (Phi) is 3.66. The first-order chi connectivity index (χ1) is 8.89. The van der Waals surface area contributed by atoms with Crippen LogP contribution >= 0.6 is 0 Å². The van der Waals surface area contributed by atoms with Crippen molar-refractivity contribution in [2.45, 2.75) is 39.0 Å². The molecule has 1 N–H and O–H groups in total. The van der Waals surface area contributed by atoms with Crippen molar-refractivity contribution in [3.8, 4) is 5.75 Å². The molecule has 0 aliphatic carbocycles. The normalized spacial score (nSPS) is 13.3. The zero-order valence-electron chi connectivity index (χ0n) is 12.1. The maximum absolute atomic E-state index is 10.0. The van der Waals surface area contributed by atoms with Gasteiger partial charge in [0.25, 0.3) is 0 Å². The third kappa shape index (κ3) is 2.98. The minimum absolute atomic E-state index is 0.0451. The molecule has 0 bridgehead atoms. The van der Waals surface area contributed by atoms with Gasteiger partial charge in [-0.3, -0.25) is 0 Å². The molecule has 0 aliphatic rings. The summed E-state index contributed by atoms with van der Waals surface area (Å²) in [6.07, 6.45) is 0. The van der Waals surface area contributed by atoms with E-state index in [1.165, 1.54) is 11.1 Å². The molecule has 0 aromatic heterocycles. The summed E-state index contributed by atoms with van der Waals surface area (Å²) in [6, 6.07) is 16.4. The van der Waals surface area contributed by atoms with Crippen LogP contribution in [0.5, 0.6) is 5.75 Å². The number of phenols is 1. The highest BCUT2D eigenvalue weighted by atomic mass is 16.3. The molecule has 0 aliphatic heterocycles. The van der Waals surface area contributed by atoms with Gasteiger partial charge in [0.15, 0.2) is 0 Å². The molecule has 1 nitrogen and oxygen atoms in total. The maximum atomic E-state index is 10.0. The largest absolute Gasteiger partial charge is 0.508 e. The van der Waals surface area contributed by atoms with Gasteiger partial charge in [-0.05, 0) is 28.2 Å². The van der Waals surface area contributed by atoms with E-state index < -0.39 is 0 Å². The summed E-state index contributed by atoms with van der Waals surface area (Å²) >= 11 is 0. The number of aromatic hydroxyl groups is 1. The zero-order valence-corrected chi connectivity index (χ0v) is 12.1. The predicted molar refractivity (Wildman–Crippen MR) is 80.8 cm³/mol. The summed E-state index contributed by atoms with van der Waals surface area (Å²) < 4.78 is 0. The second-order valence-electron chi connectivity index (χ2n) is 6.16. The molecule has 0 amide bonds. The van der Waals surface area contributed by atoms with Crippen molar-refractivity contribution in [3.05, 3.63) is 65.2 Å². The van der Waals surface area contributed by atoms with Crippen molar-refractivity contribution < 1.29 is 5.11 Å². The monoisotopic (exact) mass is 254 g/mol. The summed E-state index contributed by atoms with van der Waals surface area (Å²) in [4.78, 5) is 0. The molecule has 0 radical (unpaired) electrons. The molecule has 1 heteroatoms. The van der Waals surface area contributed by atoms with Gasteiger partial charge in [0.1, 0.15) is 5.75 Å². The first-order valence-electron chi connectivity index (χ1n) is 6.78. The summed E-state index contributed by atoms with van der Waals surface area (Å²) in [6.45, 7) is 8.57. The highest BCUT2D eigenvalue weighted by Crippen LogP contribution is 2.34. The number of hydrogen-bond acceptors (Lipinski definition) is 1. The van der Waals surface area contributed by atoms with Gasteiger partial charge in [-0.25, -0.2) is 0 Å². The van der Waals surface area contributed by atoms with Crippen LogP contribution in [0.15, 0.2) is 48.5 Å². The molecule has 0 saturated heterocycles. The van der Waals surface area contributed by atoms with Crippen LogP contribution in [0.4, 0.5) is 0 Å². The molecule has 0 fully saturated rings. The van der Waals surface area contributed by atoms with Gasteiger partial charge in [0.05, 0.1) is 0 Å². The fourth-order valence-corrected chi connectivity index (χ4v) is 2.36. The minimum Gasteiger partial charge on any atom is -0.508 e. The Balaban J connectivity index is 2.42. The van der Waals surface area contributed by atoms with E-state index in [9.17, 15) is 5.11 Å². The lowest BCUT2D eigenvalue weighted by molar-refractivity contribution is 0.446. The zero-order chi connectivity index (χ0) is 14.0. The summed E-state index contributed by atoms with van der Waals surface area (Å²) in [5.41, 5.74) is 3.51. The Morgan fingerprint density at radius 2 is 1.53 bits per heavy atom. The molecule has 100 valence electrons. The third-order valence-corrected chi connectivity index (χ3v) is 3.63. The number of benzene rings is 2. The van der Waals surface area contributed by atoms with Crippen molar-refractivity contribution in [2.24, 2.45) is 0 Å². The highest BCUT2D eigenvalue weighted by molar-refractivity contribution is 5.43. The lowest BCUT2D eigenvalue weighted by atomic mass is 9.83. The number of phenolic OH excluding ortho intramolecular Hbond substituents is 1. The van der Waals surface area contributed by atoms with Gasteiger partial charge in [-0.15, -0.1) is 0 Å². The van der Waals surface area contributed by atoms with Gasteiger partial charge in [-0.1, -0.05) is 70.2 Å². The average molecular weight is 254 g/mol. The molecule has 2 aromatic rings. The van der Waals surface area contributed by atoms with Crippen molar-refractivity contribution >= 4 is 0 Å². The lowest BCUT2D eigenvalue weighted by Crippen LogP contribution is -2.12. The van der Waals surface area contributed by atoms with Gasteiger partial charge < -0.3 is 5.11 Å². The van der Waals surface area contributed by atoms with Crippen molar-refractivity contribution in [1.82, 2.24) is 0 Å². The van der Waals surface area contributed by atoms with E-state index in [-0.39, 0.29) is 5.41 Å². The number of rotatable bonds is 2. The van der Waals surface area contributed by atoms with Crippen LogP contribution in [-0.2, 0) is 5.41 Å². The Labute approximate surface area is 115 Å². The highest BCUT2D eigenvalue weighted by Gasteiger charge is 2.19. The molecule has 0 saturated carbocycles. The lowest BCUT2D eigenvalue weighted by Gasteiger charge is -2.23. The molecule has 2 rings (SSSR count). The predicted octanol–water partition coefficient (Wildman–Crippen LogP) is 4.84. The van der Waals surface area contributed by atoms with Crippen molar-refractivity contribution in [1.29, 1.82) is 0 Å². The summed E-state index contributed by atoms with van der Waals surface area (Å²) in [5, 5.41) is 10.0. The fourth-order valence-electron chi connectivity index (χ4n) is 2.36. The molecule has 0 spiro atoms. The van der Waals surface area contributed by atoms with E-state index in [1.54, 1.807) is 0 Å². The quantitative estimate of drug-likeness (QED) is 0.813. The molecule has 1 atom stereocenters. The van der Waals surface area contributed by atoms with Crippen LogP contribution in [0.2, 0.25) is 0 Å². The van der Waals surface area contributed by atoms with Crippen LogP contribution in [0.1, 0.15) is 50.3 Å². The second kappa shape index (κ2) is 5.08. The van der Waals surface area contributed by atoms with E-state index in [1.807, 2.05) is 18.2 Å². The Morgan fingerprint density at radius 3 is 2.11 bits per heavy atom. The molecular formula is C18H22O. The van der Waals surface area contributed by atoms with Gasteiger partial charge >= 0.3 is 0 Å². The Morgan fingerprint density at radius 1 is 0.895 bits per heavy atom. The molecule has 1 unspecified atom stereocenters. The fraction of sp³-hybridized carbons (Fsp3) is 0.333. The van der Waals surface area contributed by atoms with Gasteiger partial charge in [0.2, 0.25) is 0 Å². The van der Waals surface area contributed by atoms with E-state index in [4.69, 9.17) is 0 Å². The van der Waals surface area contributed by atoms with E-state index in [0.29, 0.717) is 11.7 Å². The molecular weight excluding hydrogens is 232 g/mol. The van der Waals surface area contributed by atoms with Crippen LogP contribution in [0.3, 0.4) is 0 Å². The van der Waals surface area contributed by atoms with Crippen molar-refractivity contribution in [2.75, 3.05) is 0 Å². The molecule has 19 heavy (non-hydrogen) atoms. The third-order valence-electron chi connectivity index (χ3n) is 3.63. The van der Waals surface area contributed by atoms with Gasteiger partial charge in [0, 0.05) is 5.92 Å². The summed E-state index contributed by atoms with van der Waals surface area (Å²) in [7, 11) is 0. The van der Waals surface area contributed by atoms with E-state index in [0.717, 1.165) is 5.56 Å². The standard InChI is InChI=1S/C18H22O/c1-13(14-8-6-5-7-9-14)15-10-11-17(19)16(12-15)18(2,3)4/h5-13,19H,1-4H3. The SMILES string of the molecule is CC(c1ccccc1)c1ccc(O)c(C(C)(C)C)c1. The van der Waals surface area contributed by atoms with E-state index >= 15 is 0 Å². The van der Waals surface area contributed by atoms with E-state index in [2.05, 4.69) is 58.0 Å². The van der Waals surface area contributed by atoms with Crippen molar-refractivity contribution in [3.63, 3.8) is 0 Å². The van der Waals surface area contributed by atoms with Crippen LogP contribution in [0.25, 0.3) is 0 Å². The number of hydrogen-bond donors (Lipinski definition) is 1. The topological polar surface area (TPSA) is 20.2 Å². The Bertz CT molecular complexity index is 550. The second-order valence-corrected chi connectivity index (χ2v) is 6.16. The summed E-state index contributed by atoms with van der Waals surface area (Å²) in [5.74, 6) is 0.722. The first-order valence-corrected chi connectivity index (χ1v) is 6.78. The van der Waals surface area contributed by atoms with Crippen LogP contribution in [-0.4, -0.2) is 5.11 Å². The average Bonchev–Trinajstić information content (AvgIpc) is 2.38. The van der Waals surface area contributed by atoms with Gasteiger partial charge in [-0.2, -0.15) is 0 Å². The van der Waals surface area contributed by atoms with Crippen LogP contribution in [0, 0.1) is 0 Å². The van der Waals surface area contributed by atoms with Crippen LogP contribution < -0.4 is 0 Å². The smallest absolute Gasteiger partial charge is 0.119 e.